The number of hydrogen-bond acceptors (Lipinski definition) is 5. The number of pyridine rings is 1. The quantitative estimate of drug-likeness (QED) is 0.688. The monoisotopic (exact) mass is 280 g/mol. The van der Waals surface area contributed by atoms with Crippen LogP contribution in [0.4, 0.5) is 11.5 Å². The molecule has 0 aliphatic heterocycles. The summed E-state index contributed by atoms with van der Waals surface area (Å²) in [6, 6.07) is 11.5. The maximum Gasteiger partial charge on any atom is 0.289 e. The standard InChI is InChI=1S/C15H12N4O2/c16-8-12-7-14(19(20)21)9-17-15(12)18-13-5-10-3-1-2-4-11(10)6-13/h1-4,7,9,13H,5-6H2,(H,17,18). The molecule has 1 N–H and O–H groups in total. The Kier molecular flexibility index (Phi) is 3.24. The van der Waals surface area contributed by atoms with Crippen LogP contribution in [-0.2, 0) is 12.8 Å². The molecule has 1 heterocycles. The number of benzene rings is 1. The molecule has 0 unspecified atom stereocenters. The molecule has 0 saturated heterocycles. The number of nitrogens with one attached hydrogen (secondary N) is 1. The molecule has 1 aliphatic carbocycles. The van der Waals surface area contributed by atoms with Crippen LogP contribution in [0.5, 0.6) is 0 Å². The zero-order valence-electron chi connectivity index (χ0n) is 11.1. The van der Waals surface area contributed by atoms with E-state index in [1.807, 2.05) is 18.2 Å². The first-order chi connectivity index (χ1) is 10.2. The van der Waals surface area contributed by atoms with Gasteiger partial charge in [-0.1, -0.05) is 24.3 Å². The van der Waals surface area contributed by atoms with Crippen molar-refractivity contribution < 1.29 is 4.92 Å². The predicted octanol–water partition coefficient (Wildman–Crippen LogP) is 2.44. The topological polar surface area (TPSA) is 91.8 Å². The van der Waals surface area contributed by atoms with Crippen LogP contribution in [0.3, 0.4) is 0 Å². The van der Waals surface area contributed by atoms with Crippen molar-refractivity contribution in [3.05, 3.63) is 63.3 Å². The predicted molar refractivity (Wildman–Crippen MR) is 76.9 cm³/mol. The highest BCUT2D eigenvalue weighted by atomic mass is 16.6. The van der Waals surface area contributed by atoms with Crippen molar-refractivity contribution >= 4 is 11.5 Å². The lowest BCUT2D eigenvalue weighted by Gasteiger charge is -2.13. The SMILES string of the molecule is N#Cc1cc([N+](=O)[O-])cnc1NC1Cc2ccccc2C1. The molecule has 104 valence electrons. The molecule has 1 aliphatic rings. The third-order valence-corrected chi connectivity index (χ3v) is 3.60. The molecule has 1 aromatic carbocycles. The second-order valence-electron chi connectivity index (χ2n) is 4.98. The Morgan fingerprint density at radius 2 is 2.00 bits per heavy atom. The van der Waals surface area contributed by atoms with Crippen LogP contribution >= 0.6 is 0 Å². The second kappa shape index (κ2) is 5.21. The Hall–Kier alpha value is -2.94. The summed E-state index contributed by atoms with van der Waals surface area (Å²) in [5, 5.41) is 23.0. The van der Waals surface area contributed by atoms with Gasteiger partial charge < -0.3 is 5.32 Å². The van der Waals surface area contributed by atoms with Gasteiger partial charge in [-0.05, 0) is 24.0 Å². The fourth-order valence-corrected chi connectivity index (χ4v) is 2.61. The zero-order valence-corrected chi connectivity index (χ0v) is 11.1. The summed E-state index contributed by atoms with van der Waals surface area (Å²) < 4.78 is 0. The van der Waals surface area contributed by atoms with Crippen molar-refractivity contribution in [3.63, 3.8) is 0 Å². The molecule has 0 radical (unpaired) electrons. The van der Waals surface area contributed by atoms with Crippen molar-refractivity contribution in [2.45, 2.75) is 18.9 Å². The van der Waals surface area contributed by atoms with E-state index in [-0.39, 0.29) is 17.3 Å². The van der Waals surface area contributed by atoms with Crippen LogP contribution < -0.4 is 5.32 Å². The summed E-state index contributed by atoms with van der Waals surface area (Å²) in [6.07, 6.45) is 2.89. The van der Waals surface area contributed by atoms with Crippen molar-refractivity contribution in [1.82, 2.24) is 4.98 Å². The highest BCUT2D eigenvalue weighted by molar-refractivity contribution is 5.56. The van der Waals surface area contributed by atoms with Crippen LogP contribution in [0.1, 0.15) is 16.7 Å². The first-order valence-electron chi connectivity index (χ1n) is 6.55. The van der Waals surface area contributed by atoms with Crippen molar-refractivity contribution in [1.29, 1.82) is 5.26 Å². The third-order valence-electron chi connectivity index (χ3n) is 3.60. The normalized spacial score (nSPS) is 13.5. The fraction of sp³-hybridized carbons (Fsp3) is 0.200. The maximum atomic E-state index is 10.7. The minimum Gasteiger partial charge on any atom is -0.366 e. The number of nitro groups is 1. The van der Waals surface area contributed by atoms with Crippen LogP contribution in [0.25, 0.3) is 0 Å². The molecule has 0 atom stereocenters. The van der Waals surface area contributed by atoms with Crippen LogP contribution in [0.15, 0.2) is 36.5 Å². The Balaban J connectivity index is 1.81. The molecule has 1 aromatic heterocycles. The van der Waals surface area contributed by atoms with Gasteiger partial charge in [0.1, 0.15) is 23.6 Å². The highest BCUT2D eigenvalue weighted by Crippen LogP contribution is 2.26. The minimum absolute atomic E-state index is 0.156. The molecule has 3 rings (SSSR count). The number of rotatable bonds is 3. The van der Waals surface area contributed by atoms with Crippen LogP contribution in [0.2, 0.25) is 0 Å². The molecule has 0 saturated carbocycles. The molecule has 6 nitrogen and oxygen atoms in total. The largest absolute Gasteiger partial charge is 0.366 e. The summed E-state index contributed by atoms with van der Waals surface area (Å²) in [7, 11) is 0. The molecule has 6 heteroatoms. The Morgan fingerprint density at radius 1 is 1.33 bits per heavy atom. The minimum atomic E-state index is -0.553. The summed E-state index contributed by atoms with van der Waals surface area (Å²) in [5.74, 6) is 0.404. The van der Waals surface area contributed by atoms with Gasteiger partial charge in [0.05, 0.1) is 4.92 Å². The lowest BCUT2D eigenvalue weighted by molar-refractivity contribution is -0.385. The number of nitrogens with zero attached hydrogens (tertiary/aromatic N) is 3. The van der Waals surface area contributed by atoms with Gasteiger partial charge in [0.15, 0.2) is 0 Å². The van der Waals surface area contributed by atoms with E-state index in [0.29, 0.717) is 5.82 Å². The number of hydrogen-bond donors (Lipinski definition) is 1. The van der Waals surface area contributed by atoms with Crippen LogP contribution in [0, 0.1) is 21.4 Å². The van der Waals surface area contributed by atoms with E-state index < -0.39 is 4.92 Å². The number of aromatic nitrogens is 1. The van der Waals surface area contributed by atoms with E-state index in [9.17, 15) is 10.1 Å². The molecule has 0 fully saturated rings. The second-order valence-corrected chi connectivity index (χ2v) is 4.98. The van der Waals surface area contributed by atoms with E-state index in [1.54, 1.807) is 0 Å². The van der Waals surface area contributed by atoms with Crippen LogP contribution in [-0.4, -0.2) is 15.9 Å². The maximum absolute atomic E-state index is 10.7. The first kappa shape index (κ1) is 13.1. The first-order valence-corrected chi connectivity index (χ1v) is 6.55. The van der Waals surface area contributed by atoms with Gasteiger partial charge in [-0.15, -0.1) is 0 Å². The van der Waals surface area contributed by atoms with Gasteiger partial charge in [0.25, 0.3) is 5.69 Å². The average molecular weight is 280 g/mol. The molecule has 2 aromatic rings. The summed E-state index contributed by atoms with van der Waals surface area (Å²) in [4.78, 5) is 14.2. The van der Waals surface area contributed by atoms with E-state index in [1.165, 1.54) is 23.4 Å². The molecule has 0 bridgehead atoms. The number of anilines is 1. The fourth-order valence-electron chi connectivity index (χ4n) is 2.61. The lowest BCUT2D eigenvalue weighted by Crippen LogP contribution is -2.21. The molecule has 0 amide bonds. The van der Waals surface area contributed by atoms with E-state index in [0.717, 1.165) is 12.8 Å². The Labute approximate surface area is 121 Å². The molecule has 21 heavy (non-hydrogen) atoms. The van der Waals surface area contributed by atoms with Crippen molar-refractivity contribution in [3.8, 4) is 6.07 Å². The van der Waals surface area contributed by atoms with E-state index in [2.05, 4.69) is 22.4 Å². The number of fused-ring (bicyclic) bond motifs is 1. The van der Waals surface area contributed by atoms with Gasteiger partial charge in [-0.25, -0.2) is 4.98 Å². The Morgan fingerprint density at radius 3 is 2.57 bits per heavy atom. The summed E-state index contributed by atoms with van der Waals surface area (Å²) in [6.45, 7) is 0. The van der Waals surface area contributed by atoms with Crippen molar-refractivity contribution in [2.24, 2.45) is 0 Å². The van der Waals surface area contributed by atoms with Gasteiger partial charge in [0, 0.05) is 12.1 Å². The zero-order chi connectivity index (χ0) is 14.8. The van der Waals surface area contributed by atoms with Gasteiger partial charge in [-0.3, -0.25) is 10.1 Å². The lowest BCUT2D eigenvalue weighted by atomic mass is 10.1. The van der Waals surface area contributed by atoms with Gasteiger partial charge >= 0.3 is 0 Å². The van der Waals surface area contributed by atoms with E-state index in [4.69, 9.17) is 5.26 Å². The highest BCUT2D eigenvalue weighted by Gasteiger charge is 2.22. The number of nitriles is 1. The third kappa shape index (κ3) is 2.54. The summed E-state index contributed by atoms with van der Waals surface area (Å²) in [5.41, 5.74) is 2.60. The Bertz CT molecular complexity index is 727. The molecule has 0 spiro atoms. The van der Waals surface area contributed by atoms with Gasteiger partial charge in [0.2, 0.25) is 0 Å². The smallest absolute Gasteiger partial charge is 0.289 e. The summed E-state index contributed by atoms with van der Waals surface area (Å²) >= 11 is 0. The molecular weight excluding hydrogens is 268 g/mol. The average Bonchev–Trinajstić information content (AvgIpc) is 2.89. The van der Waals surface area contributed by atoms with E-state index >= 15 is 0 Å². The van der Waals surface area contributed by atoms with Crippen molar-refractivity contribution in [2.75, 3.05) is 5.32 Å². The van der Waals surface area contributed by atoms with Gasteiger partial charge in [-0.2, -0.15) is 5.26 Å². The molecular formula is C15H12N4O2.